The van der Waals surface area contributed by atoms with Gasteiger partial charge in [0.15, 0.2) is 6.29 Å². The summed E-state index contributed by atoms with van der Waals surface area (Å²) in [4.78, 5) is 12.7. The van der Waals surface area contributed by atoms with Gasteiger partial charge in [-0.25, -0.2) is 0 Å². The van der Waals surface area contributed by atoms with E-state index >= 15 is 0 Å². The first-order valence-electron chi connectivity index (χ1n) is 18.4. The Balaban J connectivity index is 1.22. The Labute approximate surface area is 284 Å². The summed E-state index contributed by atoms with van der Waals surface area (Å²) in [6, 6.07) is 0. The molecule has 7 fully saturated rings. The Kier molecular flexibility index (Phi) is 8.01. The van der Waals surface area contributed by atoms with Crippen molar-refractivity contribution in [3.05, 3.63) is 0 Å². The third kappa shape index (κ3) is 4.41. The highest BCUT2D eigenvalue weighted by molar-refractivity contribution is 5.66. The molecule has 2 heterocycles. The Morgan fingerprint density at radius 1 is 0.833 bits per heavy atom. The number of carbonyl (C=O) groups is 1. The first kappa shape index (κ1) is 35.5. The number of aliphatic hydroxyl groups excluding tert-OH is 5. The van der Waals surface area contributed by atoms with Gasteiger partial charge in [0.25, 0.3) is 0 Å². The van der Waals surface area contributed by atoms with Gasteiger partial charge in [0.2, 0.25) is 0 Å². The van der Waals surface area contributed by atoms with Gasteiger partial charge in [-0.2, -0.15) is 0 Å². The lowest BCUT2D eigenvalue weighted by atomic mass is 9.40. The van der Waals surface area contributed by atoms with Gasteiger partial charge < -0.3 is 49.6 Å². The molecule has 0 bridgehead atoms. The van der Waals surface area contributed by atoms with Gasteiger partial charge in [-0.05, 0) is 100 Å². The third-order valence-corrected chi connectivity index (χ3v) is 16.0. The van der Waals surface area contributed by atoms with Crippen molar-refractivity contribution in [1.29, 1.82) is 0 Å². The zero-order valence-electron chi connectivity index (χ0n) is 30.0. The highest BCUT2D eigenvalue weighted by atomic mass is 16.7. The van der Waals surface area contributed by atoms with Gasteiger partial charge in [-0.3, -0.25) is 4.79 Å². The van der Waals surface area contributed by atoms with Crippen molar-refractivity contribution in [1.82, 2.24) is 0 Å². The van der Waals surface area contributed by atoms with Crippen LogP contribution in [0.5, 0.6) is 0 Å². The predicted octanol–water partition coefficient (Wildman–Crippen LogP) is 2.44. The largest absolute Gasteiger partial charge is 0.459 e. The van der Waals surface area contributed by atoms with Gasteiger partial charge >= 0.3 is 5.97 Å². The van der Waals surface area contributed by atoms with Crippen LogP contribution in [0.1, 0.15) is 107 Å². The average Bonchev–Trinajstić information content (AvgIpc) is 3.38. The molecule has 11 nitrogen and oxygen atoms in total. The molecule has 0 aromatic heterocycles. The van der Waals surface area contributed by atoms with E-state index in [-0.39, 0.29) is 40.8 Å². The van der Waals surface area contributed by atoms with Gasteiger partial charge in [0, 0.05) is 23.7 Å². The summed E-state index contributed by atoms with van der Waals surface area (Å²) < 4.78 is 24.9. The second-order valence-electron chi connectivity index (χ2n) is 18.8. The van der Waals surface area contributed by atoms with Crippen LogP contribution in [0.4, 0.5) is 0 Å². The molecule has 17 unspecified atom stereocenters. The summed E-state index contributed by atoms with van der Waals surface area (Å²) >= 11 is 0. The van der Waals surface area contributed by atoms with Gasteiger partial charge in [0.05, 0.1) is 42.2 Å². The van der Waals surface area contributed by atoms with Crippen LogP contribution >= 0.6 is 0 Å². The van der Waals surface area contributed by atoms with E-state index in [2.05, 4.69) is 27.7 Å². The summed E-state index contributed by atoms with van der Waals surface area (Å²) in [5, 5.41) is 66.6. The third-order valence-electron chi connectivity index (χ3n) is 16.0. The highest BCUT2D eigenvalue weighted by Gasteiger charge is 2.87. The van der Waals surface area contributed by atoms with Gasteiger partial charge in [0.1, 0.15) is 24.4 Å². The van der Waals surface area contributed by atoms with Crippen molar-refractivity contribution in [3.8, 4) is 0 Å². The van der Waals surface area contributed by atoms with Crippen molar-refractivity contribution < 1.29 is 54.4 Å². The Bertz CT molecular complexity index is 1300. The maximum absolute atomic E-state index is 12.7. The minimum atomic E-state index is -1.35. The van der Waals surface area contributed by atoms with Gasteiger partial charge in [-0.15, -0.1) is 0 Å². The molecule has 2 aliphatic heterocycles. The lowest BCUT2D eigenvalue weighted by molar-refractivity contribution is -0.304. The monoisotopic (exact) mass is 680 g/mol. The second-order valence-corrected chi connectivity index (χ2v) is 18.8. The van der Waals surface area contributed by atoms with E-state index in [0.717, 1.165) is 32.1 Å². The fourth-order valence-corrected chi connectivity index (χ4v) is 13.7. The second kappa shape index (κ2) is 10.8. The molecule has 7 aliphatic rings. The number of ether oxygens (including phenoxy) is 4. The fourth-order valence-electron chi connectivity index (χ4n) is 13.7. The minimum Gasteiger partial charge on any atom is -0.459 e. The van der Waals surface area contributed by atoms with Crippen LogP contribution in [0.15, 0.2) is 0 Å². The Morgan fingerprint density at radius 2 is 1.50 bits per heavy atom. The zero-order chi connectivity index (χ0) is 35.2. The molecule has 5 saturated carbocycles. The number of fused-ring (bicyclic) bond motifs is 2. The number of rotatable bonds is 5. The number of hydrogen-bond donors (Lipinski definition) is 6. The van der Waals surface area contributed by atoms with Gasteiger partial charge in [-0.1, -0.05) is 27.7 Å². The van der Waals surface area contributed by atoms with Crippen molar-refractivity contribution in [2.45, 2.75) is 173 Å². The van der Waals surface area contributed by atoms with Crippen LogP contribution in [-0.2, 0) is 23.7 Å². The molecule has 7 rings (SSSR count). The van der Waals surface area contributed by atoms with Crippen molar-refractivity contribution >= 4 is 5.97 Å². The van der Waals surface area contributed by atoms with Crippen LogP contribution < -0.4 is 0 Å². The van der Waals surface area contributed by atoms with E-state index in [4.69, 9.17) is 18.9 Å². The maximum atomic E-state index is 12.7. The van der Waals surface area contributed by atoms with Crippen molar-refractivity contribution in [2.24, 2.45) is 44.8 Å². The maximum Gasteiger partial charge on any atom is 0.303 e. The number of esters is 1. The lowest BCUT2D eigenvalue weighted by Crippen LogP contribution is -2.66. The molecule has 0 aromatic rings. The topological polar surface area (TPSA) is 175 Å². The molecule has 11 heteroatoms. The van der Waals surface area contributed by atoms with E-state index in [0.29, 0.717) is 19.3 Å². The molecule has 0 aromatic carbocycles. The molecular formula is C37H60O11. The standard InChI is InChI=1S/C37H60O11/c1-18(38)46-29-27(43)28(33(6)13-11-24(48-33)32(4,5)44)35(8)22(40)15-37-17-36(37)14-12-23(47-30-26(42)25(41)19(39)16-45-30)31(2,3)20(36)9-10-21(37)34(29,35)7/h19-30,39-44H,9-17H2,1-8H3. The molecule has 6 N–H and O–H groups in total. The first-order valence-corrected chi connectivity index (χ1v) is 18.4. The fraction of sp³-hybridized carbons (Fsp3) is 0.973. The molecule has 2 spiro atoms. The summed E-state index contributed by atoms with van der Waals surface area (Å²) in [5.74, 6) is -0.633. The number of aliphatic hydroxyl groups is 6. The summed E-state index contributed by atoms with van der Waals surface area (Å²) in [5.41, 5.74) is -4.06. The molecule has 48 heavy (non-hydrogen) atoms. The van der Waals surface area contributed by atoms with Crippen LogP contribution in [0.2, 0.25) is 0 Å². The number of hydrogen-bond acceptors (Lipinski definition) is 11. The molecule has 274 valence electrons. The zero-order valence-corrected chi connectivity index (χ0v) is 30.0. The van der Waals surface area contributed by atoms with E-state index in [1.165, 1.54) is 6.92 Å². The van der Waals surface area contributed by atoms with E-state index in [1.807, 2.05) is 6.92 Å². The van der Waals surface area contributed by atoms with E-state index < -0.39 is 82.9 Å². The molecule has 17 atom stereocenters. The molecule has 2 saturated heterocycles. The quantitative estimate of drug-likeness (QED) is 0.186. The van der Waals surface area contributed by atoms with Crippen LogP contribution in [0.3, 0.4) is 0 Å². The van der Waals surface area contributed by atoms with Crippen molar-refractivity contribution in [2.75, 3.05) is 6.61 Å². The SMILES string of the molecule is CC(=O)OC1C(O)C(C2(C)CCC(C(C)(C)O)O2)C2(C)C(O)CC34CC35CCC(OC3OCC(O)C(O)C3O)C(C)(C)C5CCC4C12C. The summed E-state index contributed by atoms with van der Waals surface area (Å²) in [6.07, 6.45) is -2.08. The summed E-state index contributed by atoms with van der Waals surface area (Å²) in [6.45, 7) is 15.4. The lowest BCUT2D eigenvalue weighted by Gasteiger charge is -2.65. The molecular weight excluding hydrogens is 620 g/mol. The number of carbonyl (C=O) groups excluding carboxylic acids is 1. The van der Waals surface area contributed by atoms with Crippen LogP contribution in [-0.4, -0.2) is 110 Å². The first-order chi connectivity index (χ1) is 22.1. The average molecular weight is 681 g/mol. The minimum absolute atomic E-state index is 0.0596. The summed E-state index contributed by atoms with van der Waals surface area (Å²) in [7, 11) is 0. The van der Waals surface area contributed by atoms with Crippen LogP contribution in [0, 0.1) is 44.8 Å². The normalized spacial score (nSPS) is 57.2. The predicted molar refractivity (Wildman–Crippen MR) is 172 cm³/mol. The van der Waals surface area contributed by atoms with Crippen LogP contribution in [0.25, 0.3) is 0 Å². The smallest absolute Gasteiger partial charge is 0.303 e. The van der Waals surface area contributed by atoms with E-state index in [1.54, 1.807) is 13.8 Å². The van der Waals surface area contributed by atoms with Crippen molar-refractivity contribution in [3.63, 3.8) is 0 Å². The molecule has 5 aliphatic carbocycles. The molecule has 0 amide bonds. The molecule has 0 radical (unpaired) electrons. The Hall–Kier alpha value is -0.890. The van der Waals surface area contributed by atoms with E-state index in [9.17, 15) is 35.4 Å². The Morgan fingerprint density at radius 3 is 2.12 bits per heavy atom. The highest BCUT2D eigenvalue weighted by Crippen LogP contribution is 2.89.